The number of nitrogens with one attached hydrogen (secondary N) is 1. The largest absolute Gasteiger partial charge is 0.347 e. The van der Waals surface area contributed by atoms with E-state index in [0.717, 1.165) is 22.4 Å². The van der Waals surface area contributed by atoms with Crippen LogP contribution in [0.3, 0.4) is 0 Å². The van der Waals surface area contributed by atoms with Crippen LogP contribution >= 0.6 is 12.2 Å². The van der Waals surface area contributed by atoms with Gasteiger partial charge in [-0.3, -0.25) is 0 Å². The molecule has 82 valence electrons. The lowest BCUT2D eigenvalue weighted by molar-refractivity contribution is 0.626. The van der Waals surface area contributed by atoms with Crippen LogP contribution in [0.15, 0.2) is 0 Å². The summed E-state index contributed by atoms with van der Waals surface area (Å²) in [4.78, 5) is 7.93. The van der Waals surface area contributed by atoms with Crippen LogP contribution in [0.1, 0.15) is 49.7 Å². The number of aromatic amines is 1. The Morgan fingerprint density at radius 3 is 2.67 bits per heavy atom. The summed E-state index contributed by atoms with van der Waals surface area (Å²) >= 11 is 5.30. The summed E-state index contributed by atoms with van der Waals surface area (Å²) in [7, 11) is 0. The molecule has 1 N–H and O–H groups in total. The second kappa shape index (κ2) is 4.05. The number of hydrogen-bond donors (Lipinski definition) is 1. The molecule has 0 saturated heterocycles. The molecule has 0 radical (unpaired) electrons. The van der Waals surface area contributed by atoms with Crippen LogP contribution in [-0.2, 0) is 6.42 Å². The molecule has 0 amide bonds. The maximum atomic E-state index is 5.30. The summed E-state index contributed by atoms with van der Waals surface area (Å²) in [6.07, 6.45) is 3.60. The van der Waals surface area contributed by atoms with Crippen molar-refractivity contribution in [1.29, 1.82) is 0 Å². The van der Waals surface area contributed by atoms with Crippen LogP contribution in [0.2, 0.25) is 0 Å². The highest BCUT2D eigenvalue weighted by Gasteiger charge is 2.26. The maximum Gasteiger partial charge on any atom is 0.132 e. The molecule has 0 aliphatic heterocycles. The zero-order valence-corrected chi connectivity index (χ0v) is 10.4. The molecular weight excluding hydrogens is 204 g/mol. The van der Waals surface area contributed by atoms with Gasteiger partial charge in [-0.25, -0.2) is 4.98 Å². The first-order chi connectivity index (χ1) is 7.08. The molecule has 0 aromatic carbocycles. The molecule has 1 aliphatic carbocycles. The van der Waals surface area contributed by atoms with E-state index in [2.05, 4.69) is 30.7 Å². The van der Waals surface area contributed by atoms with Gasteiger partial charge in [-0.15, -0.1) is 0 Å². The predicted octanol–water partition coefficient (Wildman–Crippen LogP) is 3.52. The van der Waals surface area contributed by atoms with Gasteiger partial charge in [-0.05, 0) is 32.1 Å². The SMILES string of the molecule is Cc1c(CC(C)C)[nH]c(C2CC2)nc1=S. The fraction of sp³-hybridized carbons (Fsp3) is 0.667. The zero-order chi connectivity index (χ0) is 11.0. The normalized spacial score (nSPS) is 16.0. The zero-order valence-electron chi connectivity index (χ0n) is 9.63. The van der Waals surface area contributed by atoms with Gasteiger partial charge in [-0.1, -0.05) is 26.1 Å². The van der Waals surface area contributed by atoms with E-state index >= 15 is 0 Å². The van der Waals surface area contributed by atoms with Crippen LogP contribution in [0.5, 0.6) is 0 Å². The molecule has 3 heteroatoms. The second-order valence-corrected chi connectivity index (χ2v) is 5.29. The third kappa shape index (κ3) is 2.46. The molecule has 15 heavy (non-hydrogen) atoms. The van der Waals surface area contributed by atoms with Crippen molar-refractivity contribution in [2.24, 2.45) is 5.92 Å². The fourth-order valence-electron chi connectivity index (χ4n) is 1.76. The van der Waals surface area contributed by atoms with E-state index in [1.165, 1.54) is 18.5 Å². The molecule has 1 fully saturated rings. The Morgan fingerprint density at radius 1 is 1.47 bits per heavy atom. The minimum Gasteiger partial charge on any atom is -0.347 e. The summed E-state index contributed by atoms with van der Waals surface area (Å²) in [6.45, 7) is 6.53. The average Bonchev–Trinajstić information content (AvgIpc) is 2.94. The van der Waals surface area contributed by atoms with Crippen molar-refractivity contribution in [1.82, 2.24) is 9.97 Å². The second-order valence-electron chi connectivity index (χ2n) is 4.90. The van der Waals surface area contributed by atoms with E-state index in [9.17, 15) is 0 Å². The molecule has 1 aromatic heterocycles. The number of H-pyrrole nitrogens is 1. The first kappa shape index (κ1) is 10.8. The average molecular weight is 222 g/mol. The molecule has 0 spiro atoms. The molecule has 0 unspecified atom stereocenters. The fourth-order valence-corrected chi connectivity index (χ4v) is 1.98. The van der Waals surface area contributed by atoms with Crippen LogP contribution in [-0.4, -0.2) is 9.97 Å². The number of aromatic nitrogens is 2. The van der Waals surface area contributed by atoms with Gasteiger partial charge in [0.2, 0.25) is 0 Å². The molecule has 1 aliphatic rings. The first-order valence-electron chi connectivity index (χ1n) is 5.67. The summed E-state index contributed by atoms with van der Waals surface area (Å²) in [5, 5.41) is 0. The Bertz CT molecular complexity index is 416. The van der Waals surface area contributed by atoms with Gasteiger partial charge in [0.1, 0.15) is 10.5 Å². The van der Waals surface area contributed by atoms with E-state index in [1.54, 1.807) is 0 Å². The number of rotatable bonds is 3. The third-order valence-electron chi connectivity index (χ3n) is 2.85. The van der Waals surface area contributed by atoms with E-state index < -0.39 is 0 Å². The molecule has 0 bridgehead atoms. The third-order valence-corrected chi connectivity index (χ3v) is 3.25. The smallest absolute Gasteiger partial charge is 0.132 e. The monoisotopic (exact) mass is 222 g/mol. The lowest BCUT2D eigenvalue weighted by Crippen LogP contribution is -2.05. The van der Waals surface area contributed by atoms with Crippen molar-refractivity contribution < 1.29 is 0 Å². The number of hydrogen-bond acceptors (Lipinski definition) is 2. The van der Waals surface area contributed by atoms with Crippen molar-refractivity contribution >= 4 is 12.2 Å². The predicted molar refractivity (Wildman–Crippen MR) is 64.7 cm³/mol. The van der Waals surface area contributed by atoms with E-state index in [1.807, 2.05) is 0 Å². The lowest BCUT2D eigenvalue weighted by atomic mass is 10.1. The molecule has 1 heterocycles. The van der Waals surface area contributed by atoms with E-state index in [-0.39, 0.29) is 0 Å². The van der Waals surface area contributed by atoms with Crippen molar-refractivity contribution in [2.75, 3.05) is 0 Å². The first-order valence-corrected chi connectivity index (χ1v) is 6.08. The lowest BCUT2D eigenvalue weighted by Gasteiger charge is -2.10. The Balaban J connectivity index is 2.38. The van der Waals surface area contributed by atoms with Gasteiger partial charge in [0.25, 0.3) is 0 Å². The van der Waals surface area contributed by atoms with Gasteiger partial charge in [0.15, 0.2) is 0 Å². The quantitative estimate of drug-likeness (QED) is 0.793. The van der Waals surface area contributed by atoms with Crippen LogP contribution in [0, 0.1) is 17.5 Å². The van der Waals surface area contributed by atoms with Crippen molar-refractivity contribution in [3.05, 3.63) is 21.7 Å². The molecular formula is C12H18N2S. The summed E-state index contributed by atoms with van der Waals surface area (Å²) in [5.74, 6) is 2.42. The van der Waals surface area contributed by atoms with E-state index in [4.69, 9.17) is 12.2 Å². The summed E-state index contributed by atoms with van der Waals surface area (Å²) < 4.78 is 0.784. The molecule has 1 aromatic rings. The topological polar surface area (TPSA) is 28.7 Å². The number of nitrogens with zero attached hydrogens (tertiary/aromatic N) is 1. The van der Waals surface area contributed by atoms with Crippen LogP contribution in [0.4, 0.5) is 0 Å². The molecule has 2 rings (SSSR count). The van der Waals surface area contributed by atoms with E-state index in [0.29, 0.717) is 11.8 Å². The van der Waals surface area contributed by atoms with Crippen LogP contribution < -0.4 is 0 Å². The standard InChI is InChI=1S/C12H18N2S/c1-7(2)6-10-8(3)12(15)14-11(13-10)9-4-5-9/h7,9H,4-6H2,1-3H3,(H,13,14,15). The molecule has 1 saturated carbocycles. The highest BCUT2D eigenvalue weighted by atomic mass is 32.1. The Kier molecular flexibility index (Phi) is 2.91. The highest BCUT2D eigenvalue weighted by molar-refractivity contribution is 7.71. The van der Waals surface area contributed by atoms with Gasteiger partial charge < -0.3 is 4.98 Å². The summed E-state index contributed by atoms with van der Waals surface area (Å²) in [5.41, 5.74) is 2.44. The van der Waals surface area contributed by atoms with Gasteiger partial charge in [-0.2, -0.15) is 0 Å². The Morgan fingerprint density at radius 2 is 2.13 bits per heavy atom. The van der Waals surface area contributed by atoms with Gasteiger partial charge in [0, 0.05) is 17.2 Å². The Labute approximate surface area is 96.1 Å². The van der Waals surface area contributed by atoms with Crippen molar-refractivity contribution in [3.8, 4) is 0 Å². The van der Waals surface area contributed by atoms with Crippen LogP contribution in [0.25, 0.3) is 0 Å². The highest BCUT2D eigenvalue weighted by Crippen LogP contribution is 2.38. The van der Waals surface area contributed by atoms with Crippen molar-refractivity contribution in [3.63, 3.8) is 0 Å². The minimum absolute atomic E-state index is 0.651. The van der Waals surface area contributed by atoms with Gasteiger partial charge >= 0.3 is 0 Å². The Hall–Kier alpha value is -0.700. The van der Waals surface area contributed by atoms with Crippen molar-refractivity contribution in [2.45, 2.75) is 46.0 Å². The minimum atomic E-state index is 0.651. The molecule has 2 nitrogen and oxygen atoms in total. The summed E-state index contributed by atoms with van der Waals surface area (Å²) in [6, 6.07) is 0. The maximum absolute atomic E-state index is 5.30. The van der Waals surface area contributed by atoms with Gasteiger partial charge in [0.05, 0.1) is 0 Å². The molecule has 0 atom stereocenters.